The summed E-state index contributed by atoms with van der Waals surface area (Å²) in [5.41, 5.74) is 0.820. The molecule has 0 aliphatic heterocycles. The number of benzene rings is 2. The van der Waals surface area contributed by atoms with Gasteiger partial charge >= 0.3 is 17.9 Å². The summed E-state index contributed by atoms with van der Waals surface area (Å²) in [4.78, 5) is 38.7. The Morgan fingerprint density at radius 3 is 1.52 bits per heavy atom. The molecule has 2 aromatic rings. The van der Waals surface area contributed by atoms with Crippen molar-refractivity contribution in [2.75, 3.05) is 20.3 Å². The van der Waals surface area contributed by atoms with Gasteiger partial charge in [0.2, 0.25) is 0 Å². The van der Waals surface area contributed by atoms with Crippen molar-refractivity contribution in [1.82, 2.24) is 0 Å². The Balaban J connectivity index is 1.75. The van der Waals surface area contributed by atoms with Crippen molar-refractivity contribution in [1.29, 1.82) is 0 Å². The Hall–Kier alpha value is -3.61. The van der Waals surface area contributed by atoms with Gasteiger partial charge in [-0.15, -0.1) is 0 Å². The van der Waals surface area contributed by atoms with Gasteiger partial charge in [-0.1, -0.05) is 152 Å². The van der Waals surface area contributed by atoms with Gasteiger partial charge in [0.25, 0.3) is 0 Å². The van der Waals surface area contributed by atoms with E-state index in [0.29, 0.717) is 6.42 Å². The third-order valence-electron chi connectivity index (χ3n) is 10.9. The summed E-state index contributed by atoms with van der Waals surface area (Å²) < 4.78 is 22.3. The second kappa shape index (κ2) is 34.3. The minimum atomic E-state index is -0.864. The molecule has 0 bridgehead atoms. The molecular formula is C51H80O7. The van der Waals surface area contributed by atoms with Crippen LogP contribution in [0.5, 0.6) is 5.75 Å². The van der Waals surface area contributed by atoms with E-state index in [0.717, 1.165) is 86.3 Å². The topological polar surface area (TPSA) is 88.1 Å². The van der Waals surface area contributed by atoms with E-state index in [4.69, 9.17) is 18.9 Å². The van der Waals surface area contributed by atoms with Crippen LogP contribution in [0.15, 0.2) is 60.7 Å². The van der Waals surface area contributed by atoms with E-state index in [1.807, 2.05) is 36.4 Å². The molecule has 0 radical (unpaired) electrons. The summed E-state index contributed by atoms with van der Waals surface area (Å²) in [7, 11) is 1.64. The van der Waals surface area contributed by atoms with Crippen LogP contribution in [0, 0.1) is 0 Å². The number of unbranched alkanes of at least 4 members (excludes halogenated alkanes) is 20. The van der Waals surface area contributed by atoms with Crippen molar-refractivity contribution >= 4 is 28.7 Å². The smallest absolute Gasteiger partial charge is 0.313 e. The summed E-state index contributed by atoms with van der Waals surface area (Å²) in [6, 6.07) is 11.7. The third kappa shape index (κ3) is 25.0. The second-order valence-corrected chi connectivity index (χ2v) is 16.1. The van der Waals surface area contributed by atoms with Crippen LogP contribution >= 0.6 is 0 Å². The number of rotatable bonds is 36. The lowest BCUT2D eigenvalue weighted by atomic mass is 9.98. The van der Waals surface area contributed by atoms with Gasteiger partial charge in [0.1, 0.15) is 19.0 Å². The highest BCUT2D eigenvalue weighted by molar-refractivity contribution is 5.86. The lowest BCUT2D eigenvalue weighted by Crippen LogP contribution is -2.31. The number of hydrogen-bond donors (Lipinski definition) is 0. The summed E-state index contributed by atoms with van der Waals surface area (Å²) >= 11 is 0. The SMILES string of the molecule is CCCCCCCC/C=C\CCCCCCC(=O)OCC(COC(=O)C(C)c1ccc2cc(OC)ccc2c1)OC(=O)CCCCCC/C=C\CCCCCCCC. The van der Waals surface area contributed by atoms with Crippen LogP contribution in [0.1, 0.15) is 199 Å². The molecule has 2 rings (SSSR count). The Bertz CT molecular complexity index is 1430. The molecule has 7 nitrogen and oxygen atoms in total. The summed E-state index contributed by atoms with van der Waals surface area (Å²) in [5.74, 6) is -0.888. The maximum absolute atomic E-state index is 13.2. The number of esters is 3. The summed E-state index contributed by atoms with van der Waals surface area (Å²) in [6.07, 6.45) is 37.1. The molecule has 0 N–H and O–H groups in total. The van der Waals surface area contributed by atoms with Crippen LogP contribution < -0.4 is 4.74 Å². The first-order valence-electron chi connectivity index (χ1n) is 23.3. The molecule has 0 aliphatic carbocycles. The highest BCUT2D eigenvalue weighted by atomic mass is 16.6. The van der Waals surface area contributed by atoms with E-state index in [9.17, 15) is 14.4 Å². The highest BCUT2D eigenvalue weighted by Crippen LogP contribution is 2.26. The van der Waals surface area contributed by atoms with E-state index in [1.54, 1.807) is 14.0 Å². The van der Waals surface area contributed by atoms with Crippen LogP contribution in [0.25, 0.3) is 10.8 Å². The molecule has 0 amide bonds. The van der Waals surface area contributed by atoms with E-state index >= 15 is 0 Å². The molecule has 58 heavy (non-hydrogen) atoms. The van der Waals surface area contributed by atoms with Gasteiger partial charge in [0.15, 0.2) is 6.10 Å². The molecule has 7 heteroatoms. The number of fused-ring (bicyclic) bond motifs is 1. The molecule has 326 valence electrons. The molecule has 0 saturated heterocycles. The monoisotopic (exact) mass is 805 g/mol. The number of allylic oxidation sites excluding steroid dienone is 4. The average Bonchev–Trinajstić information content (AvgIpc) is 3.23. The molecular weight excluding hydrogens is 725 g/mol. The maximum atomic E-state index is 13.2. The molecule has 0 fully saturated rings. The molecule has 2 aromatic carbocycles. The first kappa shape index (κ1) is 50.5. The molecule has 0 aromatic heterocycles. The summed E-state index contributed by atoms with van der Waals surface area (Å²) in [6.45, 7) is 5.98. The maximum Gasteiger partial charge on any atom is 0.313 e. The summed E-state index contributed by atoms with van der Waals surface area (Å²) in [5, 5.41) is 2.01. The predicted molar refractivity (Wildman–Crippen MR) is 240 cm³/mol. The Labute approximate surface area is 353 Å². The third-order valence-corrected chi connectivity index (χ3v) is 10.9. The van der Waals surface area contributed by atoms with Crippen LogP contribution in [-0.4, -0.2) is 44.3 Å². The number of hydrogen-bond acceptors (Lipinski definition) is 7. The first-order chi connectivity index (χ1) is 28.4. The fraction of sp³-hybridized carbons (Fsp3) is 0.667. The lowest BCUT2D eigenvalue weighted by Gasteiger charge is -2.20. The fourth-order valence-electron chi connectivity index (χ4n) is 7.02. The van der Waals surface area contributed by atoms with E-state index in [2.05, 4.69) is 38.2 Å². The van der Waals surface area contributed by atoms with Gasteiger partial charge in [-0.05, 0) is 99.6 Å². The molecule has 2 atom stereocenters. The zero-order valence-corrected chi connectivity index (χ0v) is 37.1. The average molecular weight is 805 g/mol. The number of methoxy groups -OCH3 is 1. The molecule has 0 spiro atoms. The van der Waals surface area contributed by atoms with Crippen LogP contribution in [0.2, 0.25) is 0 Å². The van der Waals surface area contributed by atoms with Gasteiger partial charge in [0.05, 0.1) is 13.0 Å². The van der Waals surface area contributed by atoms with Crippen molar-refractivity contribution in [3.63, 3.8) is 0 Å². The van der Waals surface area contributed by atoms with Crippen LogP contribution in [0.3, 0.4) is 0 Å². The quantitative estimate of drug-likeness (QED) is 0.0293. The van der Waals surface area contributed by atoms with Crippen LogP contribution in [-0.2, 0) is 28.6 Å². The number of carbonyl (C=O) groups is 3. The largest absolute Gasteiger partial charge is 0.497 e. The minimum absolute atomic E-state index is 0.140. The highest BCUT2D eigenvalue weighted by Gasteiger charge is 2.23. The first-order valence-corrected chi connectivity index (χ1v) is 23.3. The normalized spacial score (nSPS) is 12.6. The van der Waals surface area contributed by atoms with Crippen molar-refractivity contribution in [3.8, 4) is 5.75 Å². The molecule has 0 heterocycles. The van der Waals surface area contributed by atoms with Gasteiger partial charge in [0, 0.05) is 12.8 Å². The van der Waals surface area contributed by atoms with Gasteiger partial charge in [-0.3, -0.25) is 14.4 Å². The van der Waals surface area contributed by atoms with Gasteiger partial charge < -0.3 is 18.9 Å². The van der Waals surface area contributed by atoms with Crippen molar-refractivity contribution in [2.45, 2.75) is 200 Å². The number of carbonyl (C=O) groups excluding carboxylic acids is 3. The van der Waals surface area contributed by atoms with Crippen molar-refractivity contribution < 1.29 is 33.3 Å². The number of ether oxygens (including phenoxy) is 4. The van der Waals surface area contributed by atoms with E-state index in [1.165, 1.54) is 89.9 Å². The zero-order chi connectivity index (χ0) is 41.9. The van der Waals surface area contributed by atoms with Crippen molar-refractivity contribution in [2.24, 2.45) is 0 Å². The molecule has 0 saturated carbocycles. The lowest BCUT2D eigenvalue weighted by molar-refractivity contribution is -0.167. The minimum Gasteiger partial charge on any atom is -0.497 e. The van der Waals surface area contributed by atoms with E-state index < -0.39 is 18.0 Å². The zero-order valence-electron chi connectivity index (χ0n) is 37.1. The molecule has 0 aliphatic rings. The van der Waals surface area contributed by atoms with Gasteiger partial charge in [-0.2, -0.15) is 0 Å². The fourth-order valence-corrected chi connectivity index (χ4v) is 7.02. The Morgan fingerprint density at radius 2 is 0.983 bits per heavy atom. The standard InChI is InChI=1S/C51H80O7/c1-5-7-9-11-13-15-17-19-21-23-25-27-29-31-33-49(52)56-41-48(58-50(53)34-32-30-28-26-24-22-20-18-16-14-12-10-8-6-2)42-57-51(54)43(3)44-35-36-46-40-47(55-4)38-37-45(46)39-44/h19-22,35-40,43,48H,5-18,23-34,41-42H2,1-4H3/b21-19-,22-20-. The van der Waals surface area contributed by atoms with Crippen LogP contribution in [0.4, 0.5) is 0 Å². The Kier molecular flexibility index (Phi) is 29.9. The predicted octanol–water partition coefficient (Wildman–Crippen LogP) is 14.2. The second-order valence-electron chi connectivity index (χ2n) is 16.1. The van der Waals surface area contributed by atoms with Gasteiger partial charge in [-0.25, -0.2) is 0 Å². The molecule has 2 unspecified atom stereocenters. The van der Waals surface area contributed by atoms with E-state index in [-0.39, 0.29) is 31.6 Å². The van der Waals surface area contributed by atoms with Crippen molar-refractivity contribution in [3.05, 3.63) is 66.3 Å². The Morgan fingerprint density at radius 1 is 0.534 bits per heavy atom.